The van der Waals surface area contributed by atoms with E-state index in [1.54, 1.807) is 0 Å². The van der Waals surface area contributed by atoms with Gasteiger partial charge in [0, 0.05) is 11.6 Å². The van der Waals surface area contributed by atoms with E-state index < -0.39 is 0 Å². The minimum absolute atomic E-state index is 0.162. The van der Waals surface area contributed by atoms with E-state index in [4.69, 9.17) is 33.7 Å². The lowest BCUT2D eigenvalue weighted by Crippen LogP contribution is -2.31. The molecule has 1 rings (SSSR count). The molecule has 0 aliphatic heterocycles. The Kier molecular flexibility index (Phi) is 4.36. The fourth-order valence-electron chi connectivity index (χ4n) is 1.38. The summed E-state index contributed by atoms with van der Waals surface area (Å²) in [5.74, 6) is 0. The van der Waals surface area contributed by atoms with E-state index in [1.807, 2.05) is 0 Å². The number of hydrogen-bond acceptors (Lipinski definition) is 2. The van der Waals surface area contributed by atoms with Crippen molar-refractivity contribution in [3.05, 3.63) is 10.6 Å². The van der Waals surface area contributed by atoms with Crippen LogP contribution >= 0.6 is 23.2 Å². The average Bonchev–Trinajstić information content (AvgIpc) is 2.47. The summed E-state index contributed by atoms with van der Waals surface area (Å²) in [6.07, 6.45) is 3.39. The molecule has 0 radical (unpaired) electrons. The molecule has 1 fully saturated rings. The summed E-state index contributed by atoms with van der Waals surface area (Å²) in [5, 5.41) is 0.524. The van der Waals surface area contributed by atoms with Crippen molar-refractivity contribution >= 4 is 23.2 Å². The third kappa shape index (κ3) is 2.94. The van der Waals surface area contributed by atoms with Crippen molar-refractivity contribution in [2.24, 2.45) is 5.73 Å². The summed E-state index contributed by atoms with van der Waals surface area (Å²) in [5.41, 5.74) is 7.11. The van der Waals surface area contributed by atoms with Crippen LogP contribution in [0.15, 0.2) is 10.6 Å². The van der Waals surface area contributed by atoms with Crippen LogP contribution in [0.25, 0.3) is 0 Å². The van der Waals surface area contributed by atoms with E-state index in [0.717, 1.165) is 19.3 Å². The Labute approximate surface area is 82.7 Å². The zero-order valence-electron chi connectivity index (χ0n) is 6.80. The van der Waals surface area contributed by atoms with Crippen LogP contribution in [0.1, 0.15) is 19.3 Å². The van der Waals surface area contributed by atoms with Crippen LogP contribution in [0.4, 0.5) is 0 Å². The van der Waals surface area contributed by atoms with Crippen molar-refractivity contribution in [3.63, 3.8) is 0 Å². The SMILES string of the molecule is NC1CCCC1OCC(Cl)=CCl. The summed E-state index contributed by atoms with van der Waals surface area (Å²) in [6, 6.07) is 0.171. The third-order valence-electron chi connectivity index (χ3n) is 2.06. The molecule has 0 amide bonds. The number of nitrogens with two attached hydrogens (primary N) is 1. The first-order valence-corrected chi connectivity index (χ1v) is 4.87. The van der Waals surface area contributed by atoms with Crippen molar-refractivity contribution in [3.8, 4) is 0 Å². The maximum atomic E-state index is 5.79. The van der Waals surface area contributed by atoms with Crippen molar-refractivity contribution < 1.29 is 4.74 Å². The number of hydrogen-bond donors (Lipinski definition) is 1. The molecular weight excluding hydrogens is 197 g/mol. The van der Waals surface area contributed by atoms with Gasteiger partial charge in [-0.1, -0.05) is 23.2 Å². The first kappa shape index (κ1) is 10.3. The minimum atomic E-state index is 0.162. The Morgan fingerprint density at radius 2 is 2.33 bits per heavy atom. The molecule has 0 saturated heterocycles. The first-order chi connectivity index (χ1) is 5.74. The smallest absolute Gasteiger partial charge is 0.0836 e. The van der Waals surface area contributed by atoms with Crippen LogP contribution in [-0.4, -0.2) is 18.8 Å². The molecule has 0 aromatic carbocycles. The van der Waals surface area contributed by atoms with Gasteiger partial charge in [0.2, 0.25) is 0 Å². The second kappa shape index (κ2) is 5.07. The van der Waals surface area contributed by atoms with Crippen LogP contribution < -0.4 is 5.73 Å². The highest BCUT2D eigenvalue weighted by molar-refractivity contribution is 6.36. The highest BCUT2D eigenvalue weighted by Crippen LogP contribution is 2.21. The van der Waals surface area contributed by atoms with E-state index in [0.29, 0.717) is 11.6 Å². The van der Waals surface area contributed by atoms with Crippen LogP contribution in [-0.2, 0) is 4.74 Å². The largest absolute Gasteiger partial charge is 0.371 e. The molecule has 1 aliphatic rings. The molecule has 0 aromatic heterocycles. The van der Waals surface area contributed by atoms with Gasteiger partial charge in [-0.15, -0.1) is 0 Å². The molecule has 1 saturated carbocycles. The molecule has 4 heteroatoms. The van der Waals surface area contributed by atoms with Crippen LogP contribution in [0.2, 0.25) is 0 Å². The minimum Gasteiger partial charge on any atom is -0.371 e. The number of ether oxygens (including phenoxy) is 1. The van der Waals surface area contributed by atoms with Gasteiger partial charge in [-0.25, -0.2) is 0 Å². The molecule has 70 valence electrons. The Hall–Kier alpha value is 0.240. The van der Waals surface area contributed by atoms with Gasteiger partial charge in [0.1, 0.15) is 0 Å². The Morgan fingerprint density at radius 1 is 1.58 bits per heavy atom. The van der Waals surface area contributed by atoms with Gasteiger partial charge >= 0.3 is 0 Å². The van der Waals surface area contributed by atoms with Gasteiger partial charge < -0.3 is 10.5 Å². The van der Waals surface area contributed by atoms with E-state index in [1.165, 1.54) is 5.54 Å². The molecule has 0 aromatic rings. The average molecular weight is 210 g/mol. The van der Waals surface area contributed by atoms with Gasteiger partial charge in [-0.2, -0.15) is 0 Å². The highest BCUT2D eigenvalue weighted by Gasteiger charge is 2.24. The summed E-state index contributed by atoms with van der Waals surface area (Å²) in [7, 11) is 0. The summed E-state index contributed by atoms with van der Waals surface area (Å²) < 4.78 is 5.46. The zero-order valence-corrected chi connectivity index (χ0v) is 8.31. The van der Waals surface area contributed by atoms with Crippen molar-refractivity contribution in [2.45, 2.75) is 31.4 Å². The summed E-state index contributed by atoms with van der Waals surface area (Å²) in [4.78, 5) is 0. The second-order valence-electron chi connectivity index (χ2n) is 3.00. The summed E-state index contributed by atoms with van der Waals surface area (Å²) >= 11 is 11.0. The number of rotatable bonds is 3. The number of halogens is 2. The maximum absolute atomic E-state index is 5.79. The molecule has 2 nitrogen and oxygen atoms in total. The molecule has 0 spiro atoms. The third-order valence-corrected chi connectivity index (χ3v) is 2.65. The molecule has 0 bridgehead atoms. The van der Waals surface area contributed by atoms with E-state index >= 15 is 0 Å². The van der Waals surface area contributed by atoms with E-state index in [2.05, 4.69) is 0 Å². The van der Waals surface area contributed by atoms with Gasteiger partial charge in [0.05, 0.1) is 17.7 Å². The monoisotopic (exact) mass is 209 g/mol. The maximum Gasteiger partial charge on any atom is 0.0836 e. The van der Waals surface area contributed by atoms with E-state index in [-0.39, 0.29) is 12.1 Å². The Morgan fingerprint density at radius 3 is 2.83 bits per heavy atom. The molecule has 0 heterocycles. The molecule has 2 unspecified atom stereocenters. The van der Waals surface area contributed by atoms with Gasteiger partial charge in [0.25, 0.3) is 0 Å². The van der Waals surface area contributed by atoms with Crippen molar-refractivity contribution in [1.82, 2.24) is 0 Å². The molecule has 1 aliphatic carbocycles. The predicted octanol–water partition coefficient (Wildman–Crippen LogP) is 2.20. The Bertz CT molecular complexity index is 172. The highest BCUT2D eigenvalue weighted by atomic mass is 35.5. The predicted molar refractivity (Wildman–Crippen MR) is 51.4 cm³/mol. The quantitative estimate of drug-likeness (QED) is 0.774. The lowest BCUT2D eigenvalue weighted by molar-refractivity contribution is 0.0669. The van der Waals surface area contributed by atoms with Crippen LogP contribution in [0, 0.1) is 0 Å². The molecular formula is C8H13Cl2NO. The second-order valence-corrected chi connectivity index (χ2v) is 3.70. The van der Waals surface area contributed by atoms with Gasteiger partial charge in [-0.05, 0) is 19.3 Å². The first-order valence-electron chi connectivity index (χ1n) is 4.06. The molecule has 12 heavy (non-hydrogen) atoms. The lowest BCUT2D eigenvalue weighted by atomic mass is 10.2. The Balaban J connectivity index is 2.22. The zero-order chi connectivity index (χ0) is 8.97. The summed E-state index contributed by atoms with van der Waals surface area (Å²) in [6.45, 7) is 0.378. The van der Waals surface area contributed by atoms with E-state index in [9.17, 15) is 0 Å². The fraction of sp³-hybridized carbons (Fsp3) is 0.750. The van der Waals surface area contributed by atoms with Gasteiger partial charge in [0.15, 0.2) is 0 Å². The fourth-order valence-corrected chi connectivity index (χ4v) is 1.51. The molecule has 2 atom stereocenters. The van der Waals surface area contributed by atoms with Crippen LogP contribution in [0.3, 0.4) is 0 Å². The molecule has 2 N–H and O–H groups in total. The lowest BCUT2D eigenvalue weighted by Gasteiger charge is -2.15. The standard InChI is InChI=1S/C8H13Cl2NO/c9-4-6(10)5-12-8-3-1-2-7(8)11/h4,7-8H,1-3,5,11H2. The topological polar surface area (TPSA) is 35.2 Å². The van der Waals surface area contributed by atoms with Crippen LogP contribution in [0.5, 0.6) is 0 Å². The normalized spacial score (nSPS) is 31.1. The van der Waals surface area contributed by atoms with Crippen molar-refractivity contribution in [2.75, 3.05) is 6.61 Å². The van der Waals surface area contributed by atoms with Gasteiger partial charge in [-0.3, -0.25) is 0 Å². The van der Waals surface area contributed by atoms with Crippen molar-refractivity contribution in [1.29, 1.82) is 0 Å².